The highest BCUT2D eigenvalue weighted by Crippen LogP contribution is 2.31. The van der Waals surface area contributed by atoms with Crippen molar-refractivity contribution in [2.75, 3.05) is 13.7 Å². The number of hydrogen-bond donors (Lipinski definition) is 1. The number of thiocarbonyl (C=S) groups is 1. The fourth-order valence-corrected chi connectivity index (χ4v) is 3.00. The summed E-state index contributed by atoms with van der Waals surface area (Å²) < 4.78 is 17.0. The van der Waals surface area contributed by atoms with Crippen molar-refractivity contribution in [3.05, 3.63) is 54.1 Å². The Kier molecular flexibility index (Phi) is 5.20. The van der Waals surface area contributed by atoms with Crippen LogP contribution in [0, 0.1) is 0 Å². The van der Waals surface area contributed by atoms with Gasteiger partial charge in [0, 0.05) is 6.42 Å². The number of rotatable bonds is 5. The van der Waals surface area contributed by atoms with Gasteiger partial charge in [0.15, 0.2) is 17.6 Å². The van der Waals surface area contributed by atoms with Crippen molar-refractivity contribution < 1.29 is 14.2 Å². The van der Waals surface area contributed by atoms with Gasteiger partial charge in [-0.25, -0.2) is 0 Å². The molecule has 24 heavy (non-hydrogen) atoms. The van der Waals surface area contributed by atoms with E-state index in [-0.39, 0.29) is 12.1 Å². The molecule has 5 heteroatoms. The standard InChI is InChI=1S/C19H21NO3S/c1-13(18-12-22-16-8-3-4-9-17(16)23-18)20-19(24)11-14-6-5-7-15(10-14)21-2/h3-10,13,18H,11-12H2,1-2H3,(H,20,24). The first-order chi connectivity index (χ1) is 11.7. The topological polar surface area (TPSA) is 39.7 Å². The van der Waals surface area contributed by atoms with Gasteiger partial charge in [0.2, 0.25) is 0 Å². The van der Waals surface area contributed by atoms with E-state index >= 15 is 0 Å². The van der Waals surface area contributed by atoms with E-state index in [0.29, 0.717) is 13.0 Å². The maximum atomic E-state index is 6.01. The zero-order chi connectivity index (χ0) is 16.9. The van der Waals surface area contributed by atoms with E-state index in [1.807, 2.05) is 48.5 Å². The maximum Gasteiger partial charge on any atom is 0.161 e. The van der Waals surface area contributed by atoms with Gasteiger partial charge < -0.3 is 19.5 Å². The van der Waals surface area contributed by atoms with Gasteiger partial charge in [-0.1, -0.05) is 36.5 Å². The first-order valence-electron chi connectivity index (χ1n) is 7.96. The summed E-state index contributed by atoms with van der Waals surface area (Å²) in [6, 6.07) is 15.7. The molecule has 2 unspecified atom stereocenters. The van der Waals surface area contributed by atoms with Crippen LogP contribution in [0.1, 0.15) is 12.5 Å². The Morgan fingerprint density at radius 1 is 1.25 bits per heavy atom. The summed E-state index contributed by atoms with van der Waals surface area (Å²) in [4.78, 5) is 0.776. The van der Waals surface area contributed by atoms with Crippen molar-refractivity contribution in [2.24, 2.45) is 0 Å². The number of benzene rings is 2. The molecule has 0 fully saturated rings. The summed E-state index contributed by atoms with van der Waals surface area (Å²) in [5, 5.41) is 3.35. The van der Waals surface area contributed by atoms with Crippen molar-refractivity contribution >= 4 is 17.2 Å². The lowest BCUT2D eigenvalue weighted by Gasteiger charge is -2.31. The minimum Gasteiger partial charge on any atom is -0.497 e. The SMILES string of the molecule is COc1cccc(CC(=S)NC(C)C2COc3ccccc3O2)c1. The van der Waals surface area contributed by atoms with Gasteiger partial charge in [-0.05, 0) is 36.8 Å². The lowest BCUT2D eigenvalue weighted by Crippen LogP contribution is -2.48. The van der Waals surface area contributed by atoms with Crippen molar-refractivity contribution in [2.45, 2.75) is 25.5 Å². The monoisotopic (exact) mass is 343 g/mol. The fourth-order valence-electron chi connectivity index (χ4n) is 2.65. The zero-order valence-corrected chi connectivity index (χ0v) is 14.6. The Bertz CT molecular complexity index is 719. The number of methoxy groups -OCH3 is 1. The molecule has 1 heterocycles. The Hall–Kier alpha value is -2.27. The van der Waals surface area contributed by atoms with Crippen molar-refractivity contribution in [3.8, 4) is 17.2 Å². The van der Waals surface area contributed by atoms with E-state index in [2.05, 4.69) is 12.2 Å². The van der Waals surface area contributed by atoms with Gasteiger partial charge >= 0.3 is 0 Å². The first kappa shape index (κ1) is 16.6. The second-order valence-corrected chi connectivity index (χ2v) is 6.29. The highest BCUT2D eigenvalue weighted by molar-refractivity contribution is 7.80. The molecule has 0 bridgehead atoms. The molecule has 0 aromatic heterocycles. The molecular formula is C19H21NO3S. The molecule has 0 saturated heterocycles. The summed E-state index contributed by atoms with van der Waals surface area (Å²) in [6.45, 7) is 2.56. The molecule has 1 N–H and O–H groups in total. The highest BCUT2D eigenvalue weighted by Gasteiger charge is 2.26. The van der Waals surface area contributed by atoms with Crippen LogP contribution in [0.2, 0.25) is 0 Å². The average molecular weight is 343 g/mol. The molecule has 0 saturated carbocycles. The smallest absolute Gasteiger partial charge is 0.161 e. The van der Waals surface area contributed by atoms with Crippen LogP contribution in [0.25, 0.3) is 0 Å². The van der Waals surface area contributed by atoms with E-state index in [4.69, 9.17) is 26.4 Å². The Morgan fingerprint density at radius 2 is 2.04 bits per heavy atom. The highest BCUT2D eigenvalue weighted by atomic mass is 32.1. The van der Waals surface area contributed by atoms with Gasteiger partial charge in [-0.2, -0.15) is 0 Å². The molecule has 2 aromatic carbocycles. The fraction of sp³-hybridized carbons (Fsp3) is 0.316. The molecule has 0 radical (unpaired) electrons. The van der Waals surface area contributed by atoms with Crippen LogP contribution in [-0.4, -0.2) is 30.9 Å². The third-order valence-electron chi connectivity index (χ3n) is 3.98. The van der Waals surface area contributed by atoms with Crippen LogP contribution in [0.15, 0.2) is 48.5 Å². The van der Waals surface area contributed by atoms with Crippen LogP contribution in [0.5, 0.6) is 17.2 Å². The summed E-state index contributed by atoms with van der Waals surface area (Å²) in [5.74, 6) is 2.41. The molecule has 2 atom stereocenters. The van der Waals surface area contributed by atoms with Crippen molar-refractivity contribution in [1.29, 1.82) is 0 Å². The van der Waals surface area contributed by atoms with Crippen molar-refractivity contribution in [3.63, 3.8) is 0 Å². The minimum atomic E-state index is -0.0804. The van der Waals surface area contributed by atoms with Gasteiger partial charge in [-0.3, -0.25) is 0 Å². The summed E-state index contributed by atoms with van der Waals surface area (Å²) in [6.07, 6.45) is 0.587. The van der Waals surface area contributed by atoms with Crippen LogP contribution in [-0.2, 0) is 6.42 Å². The molecule has 126 valence electrons. The Balaban J connectivity index is 1.56. The average Bonchev–Trinajstić information content (AvgIpc) is 2.61. The van der Waals surface area contributed by atoms with E-state index in [1.165, 1.54) is 0 Å². The van der Waals surface area contributed by atoms with E-state index < -0.39 is 0 Å². The number of hydrogen-bond acceptors (Lipinski definition) is 4. The molecule has 1 aliphatic heterocycles. The normalized spacial score (nSPS) is 17.0. The minimum absolute atomic E-state index is 0.0523. The Labute approximate surface area is 147 Å². The zero-order valence-electron chi connectivity index (χ0n) is 13.8. The third-order valence-corrected chi connectivity index (χ3v) is 4.24. The predicted molar refractivity (Wildman–Crippen MR) is 98.2 cm³/mol. The second kappa shape index (κ2) is 7.53. The molecule has 3 rings (SSSR count). The molecule has 1 aliphatic rings. The molecule has 0 spiro atoms. The maximum absolute atomic E-state index is 6.01. The van der Waals surface area contributed by atoms with Crippen LogP contribution in [0.3, 0.4) is 0 Å². The molecule has 4 nitrogen and oxygen atoms in total. The van der Waals surface area contributed by atoms with Gasteiger partial charge in [0.25, 0.3) is 0 Å². The second-order valence-electron chi connectivity index (χ2n) is 5.80. The predicted octanol–water partition coefficient (Wildman–Crippen LogP) is 3.38. The lowest BCUT2D eigenvalue weighted by atomic mass is 10.1. The van der Waals surface area contributed by atoms with Gasteiger partial charge in [-0.15, -0.1) is 0 Å². The molecule has 0 amide bonds. The quantitative estimate of drug-likeness (QED) is 0.843. The summed E-state index contributed by atoms with van der Waals surface area (Å²) >= 11 is 5.49. The van der Waals surface area contributed by atoms with Gasteiger partial charge in [0.1, 0.15) is 12.4 Å². The van der Waals surface area contributed by atoms with E-state index in [0.717, 1.165) is 27.8 Å². The number of ether oxygens (including phenoxy) is 3. The number of nitrogens with one attached hydrogen (secondary N) is 1. The largest absolute Gasteiger partial charge is 0.497 e. The summed E-state index contributed by atoms with van der Waals surface area (Å²) in [5.41, 5.74) is 1.12. The molecular weight excluding hydrogens is 322 g/mol. The number of para-hydroxylation sites is 2. The first-order valence-corrected chi connectivity index (χ1v) is 8.37. The van der Waals surface area contributed by atoms with E-state index in [9.17, 15) is 0 Å². The van der Waals surface area contributed by atoms with Gasteiger partial charge in [0.05, 0.1) is 18.1 Å². The van der Waals surface area contributed by atoms with Crippen LogP contribution in [0.4, 0.5) is 0 Å². The van der Waals surface area contributed by atoms with Crippen LogP contribution < -0.4 is 19.5 Å². The van der Waals surface area contributed by atoms with E-state index in [1.54, 1.807) is 7.11 Å². The lowest BCUT2D eigenvalue weighted by molar-refractivity contribution is 0.0717. The molecule has 2 aromatic rings. The van der Waals surface area contributed by atoms with Crippen LogP contribution >= 0.6 is 12.2 Å². The third kappa shape index (κ3) is 3.97. The summed E-state index contributed by atoms with van der Waals surface area (Å²) in [7, 11) is 1.66. The Morgan fingerprint density at radius 3 is 2.83 bits per heavy atom. The molecule has 0 aliphatic carbocycles. The number of fused-ring (bicyclic) bond motifs is 1. The van der Waals surface area contributed by atoms with Crippen molar-refractivity contribution in [1.82, 2.24) is 5.32 Å².